The van der Waals surface area contributed by atoms with E-state index in [1.54, 1.807) is 12.1 Å². The minimum Gasteiger partial charge on any atom is -0.375 e. The average Bonchev–Trinajstić information content (AvgIpc) is 2.42. The van der Waals surface area contributed by atoms with E-state index < -0.39 is 0 Å². The monoisotopic (exact) mass is 280 g/mol. The number of anilines is 1. The van der Waals surface area contributed by atoms with E-state index in [4.69, 9.17) is 4.74 Å². The highest BCUT2D eigenvalue weighted by Crippen LogP contribution is 2.30. The summed E-state index contributed by atoms with van der Waals surface area (Å²) in [6, 6.07) is 5.53. The van der Waals surface area contributed by atoms with Gasteiger partial charge in [0.1, 0.15) is 5.82 Å². The van der Waals surface area contributed by atoms with E-state index in [0.29, 0.717) is 12.6 Å². The van der Waals surface area contributed by atoms with E-state index >= 15 is 0 Å². The van der Waals surface area contributed by atoms with Gasteiger partial charge in [-0.1, -0.05) is 6.92 Å². The molecule has 0 aromatic heterocycles. The van der Waals surface area contributed by atoms with Crippen LogP contribution >= 0.6 is 0 Å². The van der Waals surface area contributed by atoms with Crippen molar-refractivity contribution in [1.29, 1.82) is 0 Å². The van der Waals surface area contributed by atoms with Crippen molar-refractivity contribution < 1.29 is 9.13 Å². The Balaban J connectivity index is 2.34. The molecule has 1 aromatic carbocycles. The molecule has 3 nitrogen and oxygen atoms in total. The number of halogens is 1. The molecule has 0 bridgehead atoms. The van der Waals surface area contributed by atoms with E-state index in [2.05, 4.69) is 37.9 Å². The first-order valence-electron chi connectivity index (χ1n) is 7.44. The molecule has 1 heterocycles. The number of ether oxygens (including phenoxy) is 1. The third-order valence-electron chi connectivity index (χ3n) is 3.88. The molecule has 3 atom stereocenters. The topological polar surface area (TPSA) is 24.5 Å². The molecule has 0 amide bonds. The van der Waals surface area contributed by atoms with Crippen molar-refractivity contribution in [1.82, 2.24) is 5.32 Å². The lowest BCUT2D eigenvalue weighted by Gasteiger charge is -2.40. The summed E-state index contributed by atoms with van der Waals surface area (Å²) in [6.45, 7) is 10.8. The summed E-state index contributed by atoms with van der Waals surface area (Å²) in [6.07, 6.45) is 0.207. The second-order valence-electron chi connectivity index (χ2n) is 5.63. The standard InChI is InChI=1S/C16H25FN2O/c1-5-18-13(4)15-8-14(17)6-7-16(15)19-9-12(3)20-10-11(19)2/h6-8,11-13,18H,5,9-10H2,1-4H3. The lowest BCUT2D eigenvalue weighted by molar-refractivity contribution is 0.0343. The molecule has 1 fully saturated rings. The maximum Gasteiger partial charge on any atom is 0.123 e. The van der Waals surface area contributed by atoms with Crippen molar-refractivity contribution in [2.24, 2.45) is 0 Å². The van der Waals surface area contributed by atoms with Crippen molar-refractivity contribution >= 4 is 5.69 Å². The number of nitrogens with one attached hydrogen (secondary N) is 1. The van der Waals surface area contributed by atoms with Gasteiger partial charge in [0.05, 0.1) is 12.7 Å². The number of hydrogen-bond donors (Lipinski definition) is 1. The predicted molar refractivity (Wildman–Crippen MR) is 80.7 cm³/mol. The van der Waals surface area contributed by atoms with Gasteiger partial charge in [0.2, 0.25) is 0 Å². The number of rotatable bonds is 4. The molecule has 20 heavy (non-hydrogen) atoms. The molecule has 3 unspecified atom stereocenters. The SMILES string of the molecule is CCNC(C)c1cc(F)ccc1N1CC(C)OCC1C. The molecule has 112 valence electrons. The molecule has 2 rings (SSSR count). The first-order valence-corrected chi connectivity index (χ1v) is 7.44. The highest BCUT2D eigenvalue weighted by atomic mass is 19.1. The van der Waals surface area contributed by atoms with Gasteiger partial charge in [-0.15, -0.1) is 0 Å². The van der Waals surface area contributed by atoms with Crippen LogP contribution in [0, 0.1) is 5.82 Å². The van der Waals surface area contributed by atoms with Crippen LogP contribution in [0.5, 0.6) is 0 Å². The van der Waals surface area contributed by atoms with Gasteiger partial charge in [0, 0.05) is 24.3 Å². The molecular weight excluding hydrogens is 255 g/mol. The van der Waals surface area contributed by atoms with Crippen LogP contribution in [0.25, 0.3) is 0 Å². The zero-order chi connectivity index (χ0) is 14.7. The number of nitrogens with zero attached hydrogens (tertiary/aromatic N) is 1. The fourth-order valence-corrected chi connectivity index (χ4v) is 2.79. The van der Waals surface area contributed by atoms with Crippen LogP contribution < -0.4 is 10.2 Å². The summed E-state index contributed by atoms with van der Waals surface area (Å²) in [5.74, 6) is -0.178. The van der Waals surface area contributed by atoms with Gasteiger partial charge in [0.25, 0.3) is 0 Å². The Morgan fingerprint density at radius 3 is 2.90 bits per heavy atom. The van der Waals surface area contributed by atoms with Crippen molar-refractivity contribution in [3.05, 3.63) is 29.6 Å². The number of hydrogen-bond acceptors (Lipinski definition) is 3. The quantitative estimate of drug-likeness (QED) is 0.917. The molecule has 1 aliphatic rings. The summed E-state index contributed by atoms with van der Waals surface area (Å²) >= 11 is 0. The van der Waals surface area contributed by atoms with Crippen LogP contribution in [0.2, 0.25) is 0 Å². The molecule has 0 saturated carbocycles. The molecule has 1 N–H and O–H groups in total. The zero-order valence-corrected chi connectivity index (χ0v) is 12.8. The first kappa shape index (κ1) is 15.3. The fraction of sp³-hybridized carbons (Fsp3) is 0.625. The summed E-state index contributed by atoms with van der Waals surface area (Å²) in [5.41, 5.74) is 2.13. The Morgan fingerprint density at radius 2 is 2.20 bits per heavy atom. The summed E-state index contributed by atoms with van der Waals surface area (Å²) in [7, 11) is 0. The van der Waals surface area contributed by atoms with Crippen molar-refractivity contribution in [2.75, 3.05) is 24.6 Å². The molecule has 0 radical (unpaired) electrons. The largest absolute Gasteiger partial charge is 0.375 e. The van der Waals surface area contributed by atoms with E-state index in [0.717, 1.165) is 24.3 Å². The highest BCUT2D eigenvalue weighted by Gasteiger charge is 2.26. The molecule has 1 saturated heterocycles. The Hall–Kier alpha value is -1.13. The Labute approximate surface area is 121 Å². The smallest absolute Gasteiger partial charge is 0.123 e. The summed E-state index contributed by atoms with van der Waals surface area (Å²) in [5, 5.41) is 3.37. The zero-order valence-electron chi connectivity index (χ0n) is 12.8. The number of morpholine rings is 1. The van der Waals surface area contributed by atoms with Crippen LogP contribution in [0.4, 0.5) is 10.1 Å². The predicted octanol–water partition coefficient (Wildman–Crippen LogP) is 3.11. The lowest BCUT2D eigenvalue weighted by Crippen LogP contribution is -2.48. The minimum atomic E-state index is -0.178. The Bertz CT molecular complexity index is 452. The van der Waals surface area contributed by atoms with Crippen LogP contribution in [0.15, 0.2) is 18.2 Å². The number of benzene rings is 1. The van der Waals surface area contributed by atoms with E-state index in [9.17, 15) is 4.39 Å². The molecule has 1 aromatic rings. The molecule has 0 spiro atoms. The first-order chi connectivity index (χ1) is 9.52. The van der Waals surface area contributed by atoms with Gasteiger partial charge >= 0.3 is 0 Å². The van der Waals surface area contributed by atoms with E-state index in [-0.39, 0.29) is 18.0 Å². The van der Waals surface area contributed by atoms with Gasteiger partial charge in [-0.25, -0.2) is 4.39 Å². The van der Waals surface area contributed by atoms with E-state index in [1.807, 2.05) is 6.07 Å². The Kier molecular flexibility index (Phi) is 5.00. The van der Waals surface area contributed by atoms with E-state index in [1.165, 1.54) is 0 Å². The summed E-state index contributed by atoms with van der Waals surface area (Å²) < 4.78 is 19.3. The third-order valence-corrected chi connectivity index (χ3v) is 3.88. The van der Waals surface area contributed by atoms with Crippen molar-refractivity contribution in [2.45, 2.75) is 45.9 Å². The maximum atomic E-state index is 13.6. The molecule has 0 aliphatic carbocycles. The molecule has 4 heteroatoms. The molecule has 1 aliphatic heterocycles. The van der Waals surface area contributed by atoms with Gasteiger partial charge in [0.15, 0.2) is 0 Å². The minimum absolute atomic E-state index is 0.135. The van der Waals surface area contributed by atoms with Crippen molar-refractivity contribution in [3.63, 3.8) is 0 Å². The fourth-order valence-electron chi connectivity index (χ4n) is 2.79. The van der Waals surface area contributed by atoms with Gasteiger partial charge in [-0.05, 0) is 51.1 Å². The van der Waals surface area contributed by atoms with Gasteiger partial charge in [-0.3, -0.25) is 0 Å². The second kappa shape index (κ2) is 6.55. The third kappa shape index (κ3) is 3.30. The van der Waals surface area contributed by atoms with Crippen LogP contribution in [0.1, 0.15) is 39.3 Å². The molecular formula is C16H25FN2O. The second-order valence-corrected chi connectivity index (χ2v) is 5.63. The normalized spacial score (nSPS) is 24.8. The Morgan fingerprint density at radius 1 is 1.45 bits per heavy atom. The van der Waals surface area contributed by atoms with Crippen LogP contribution in [-0.4, -0.2) is 31.8 Å². The lowest BCUT2D eigenvalue weighted by atomic mass is 10.0. The van der Waals surface area contributed by atoms with Crippen LogP contribution in [-0.2, 0) is 4.74 Å². The average molecular weight is 280 g/mol. The van der Waals surface area contributed by atoms with Crippen molar-refractivity contribution in [3.8, 4) is 0 Å². The van der Waals surface area contributed by atoms with Crippen LogP contribution in [0.3, 0.4) is 0 Å². The highest BCUT2D eigenvalue weighted by molar-refractivity contribution is 5.56. The van der Waals surface area contributed by atoms with Gasteiger partial charge in [-0.2, -0.15) is 0 Å². The van der Waals surface area contributed by atoms with Gasteiger partial charge < -0.3 is 15.0 Å². The summed E-state index contributed by atoms with van der Waals surface area (Å²) in [4.78, 5) is 2.33. The maximum absolute atomic E-state index is 13.6.